The summed E-state index contributed by atoms with van der Waals surface area (Å²) in [7, 11) is 0. The summed E-state index contributed by atoms with van der Waals surface area (Å²) < 4.78 is 11.7. The molecule has 0 aromatic heterocycles. The zero-order valence-corrected chi connectivity index (χ0v) is 16.8. The maximum atomic E-state index is 13.4. The molecule has 2 amide bonds. The first kappa shape index (κ1) is 18.3. The summed E-state index contributed by atoms with van der Waals surface area (Å²) in [4.78, 5) is 40.6. The van der Waals surface area contributed by atoms with Gasteiger partial charge < -0.3 is 9.47 Å². The van der Waals surface area contributed by atoms with Crippen LogP contribution in [0, 0.1) is 35.0 Å². The summed E-state index contributed by atoms with van der Waals surface area (Å²) in [5.74, 6) is -2.46. The van der Waals surface area contributed by atoms with Gasteiger partial charge in [-0.3, -0.25) is 9.59 Å². The predicted molar refractivity (Wildman–Crippen MR) is 99.8 cm³/mol. The Balaban J connectivity index is 1.67. The first-order valence-corrected chi connectivity index (χ1v) is 9.89. The number of carbonyl (C=O) groups is 3. The fraction of sp³-hybridized carbons (Fsp3) is 0.545. The minimum absolute atomic E-state index is 0.0321. The Hall–Kier alpha value is -2.72. The Kier molecular flexibility index (Phi) is 3.44. The van der Waals surface area contributed by atoms with Gasteiger partial charge in [0.15, 0.2) is 5.72 Å². The maximum Gasteiger partial charge on any atom is 0.420 e. The van der Waals surface area contributed by atoms with Crippen LogP contribution < -0.4 is 0 Å². The number of nitriles is 1. The SMILES string of the molecule is CC1=C(C#N)[C@@H]2C(=O)[C@@H](C=C3C(=O)N(C(=O)OC(C)(C)C)[C@]45C=C[C@@H](O4)[C@H]2[C@H]35)C1. The lowest BCUT2D eigenvalue weighted by molar-refractivity contribution is -0.140. The molecule has 7 nitrogen and oxygen atoms in total. The monoisotopic (exact) mass is 394 g/mol. The normalized spacial score (nSPS) is 39.3. The van der Waals surface area contributed by atoms with E-state index < -0.39 is 47.2 Å². The molecule has 3 aliphatic heterocycles. The van der Waals surface area contributed by atoms with Crippen LogP contribution in [0.3, 0.4) is 0 Å². The van der Waals surface area contributed by atoms with Gasteiger partial charge in [-0.25, -0.2) is 9.69 Å². The summed E-state index contributed by atoms with van der Waals surface area (Å²) in [6.07, 6.45) is 4.48. The average Bonchev–Trinajstić information content (AvgIpc) is 3.21. The molecule has 0 aromatic rings. The molecular formula is C22H22N2O5. The fourth-order valence-electron chi connectivity index (χ4n) is 5.67. The topological polar surface area (TPSA) is 96.7 Å². The minimum atomic E-state index is -1.28. The van der Waals surface area contributed by atoms with E-state index >= 15 is 0 Å². The number of amides is 2. The highest BCUT2D eigenvalue weighted by molar-refractivity contribution is 6.08. The Labute approximate surface area is 168 Å². The quantitative estimate of drug-likeness (QED) is 0.586. The minimum Gasteiger partial charge on any atom is -0.443 e. The first-order chi connectivity index (χ1) is 13.6. The van der Waals surface area contributed by atoms with Crippen LogP contribution in [0.25, 0.3) is 0 Å². The summed E-state index contributed by atoms with van der Waals surface area (Å²) >= 11 is 0. The largest absolute Gasteiger partial charge is 0.443 e. The molecule has 7 heteroatoms. The van der Waals surface area contributed by atoms with Crippen molar-refractivity contribution in [1.82, 2.24) is 4.90 Å². The third-order valence-corrected chi connectivity index (χ3v) is 6.63. The third-order valence-electron chi connectivity index (χ3n) is 6.63. The molecule has 2 fully saturated rings. The molecule has 4 bridgehead atoms. The Morgan fingerprint density at radius 3 is 2.76 bits per heavy atom. The van der Waals surface area contributed by atoms with Crippen molar-refractivity contribution < 1.29 is 23.9 Å². The average molecular weight is 394 g/mol. The first-order valence-electron chi connectivity index (χ1n) is 9.89. The van der Waals surface area contributed by atoms with Gasteiger partial charge in [0.25, 0.3) is 5.91 Å². The number of nitrogens with zero attached hydrogens (tertiary/aromatic N) is 2. The van der Waals surface area contributed by atoms with Crippen LogP contribution in [0.4, 0.5) is 4.79 Å². The molecule has 0 radical (unpaired) electrons. The third kappa shape index (κ3) is 2.18. The second-order valence-corrected chi connectivity index (χ2v) is 9.49. The Morgan fingerprint density at radius 1 is 1.38 bits per heavy atom. The van der Waals surface area contributed by atoms with E-state index in [0.717, 1.165) is 10.5 Å². The summed E-state index contributed by atoms with van der Waals surface area (Å²) in [5, 5.41) is 9.75. The molecule has 5 rings (SSSR count). The number of Topliss-reactive ketones (excluding diaryl/α,β-unsaturated/α-hetero) is 1. The second-order valence-electron chi connectivity index (χ2n) is 9.49. The fourth-order valence-corrected chi connectivity index (χ4v) is 5.67. The molecule has 1 spiro atoms. The molecule has 0 N–H and O–H groups in total. The number of ketones is 1. The van der Waals surface area contributed by atoms with E-state index in [1.807, 2.05) is 6.92 Å². The van der Waals surface area contributed by atoms with Crippen LogP contribution >= 0.6 is 0 Å². The van der Waals surface area contributed by atoms with Crippen LogP contribution in [0.2, 0.25) is 0 Å². The number of hydrogen-bond donors (Lipinski definition) is 0. The van der Waals surface area contributed by atoms with Crippen LogP contribution in [-0.4, -0.2) is 40.1 Å². The summed E-state index contributed by atoms with van der Waals surface area (Å²) in [5.41, 5.74) is -0.259. The van der Waals surface area contributed by atoms with E-state index in [2.05, 4.69) is 6.07 Å². The van der Waals surface area contributed by atoms with Gasteiger partial charge in [0.2, 0.25) is 0 Å². The molecule has 0 saturated carbocycles. The molecule has 6 atom stereocenters. The molecule has 0 aromatic carbocycles. The van der Waals surface area contributed by atoms with Crippen molar-refractivity contribution in [2.75, 3.05) is 0 Å². The number of ether oxygens (including phenoxy) is 2. The van der Waals surface area contributed by atoms with Crippen molar-refractivity contribution in [3.8, 4) is 6.07 Å². The zero-order valence-electron chi connectivity index (χ0n) is 16.8. The number of fused-ring (bicyclic) bond motifs is 5. The summed E-state index contributed by atoms with van der Waals surface area (Å²) in [6, 6.07) is 2.23. The number of imide groups is 1. The van der Waals surface area contributed by atoms with E-state index in [0.29, 0.717) is 17.6 Å². The number of rotatable bonds is 0. The molecule has 5 aliphatic rings. The lowest BCUT2D eigenvalue weighted by Gasteiger charge is -2.35. The lowest BCUT2D eigenvalue weighted by atomic mass is 9.66. The lowest BCUT2D eigenvalue weighted by Crippen LogP contribution is -2.52. The zero-order chi connectivity index (χ0) is 20.9. The maximum absolute atomic E-state index is 13.4. The molecule has 2 saturated heterocycles. The van der Waals surface area contributed by atoms with Crippen molar-refractivity contribution in [1.29, 1.82) is 5.26 Å². The molecule has 3 heterocycles. The predicted octanol–water partition coefficient (Wildman–Crippen LogP) is 2.65. The van der Waals surface area contributed by atoms with Gasteiger partial charge in [-0.2, -0.15) is 5.26 Å². The Bertz CT molecular complexity index is 1010. The van der Waals surface area contributed by atoms with Gasteiger partial charge in [-0.15, -0.1) is 0 Å². The van der Waals surface area contributed by atoms with Crippen LogP contribution in [0.15, 0.2) is 34.9 Å². The van der Waals surface area contributed by atoms with E-state index in [1.54, 1.807) is 39.0 Å². The van der Waals surface area contributed by atoms with Gasteiger partial charge in [-0.1, -0.05) is 17.7 Å². The van der Waals surface area contributed by atoms with E-state index in [9.17, 15) is 19.6 Å². The van der Waals surface area contributed by atoms with Crippen molar-refractivity contribution in [2.24, 2.45) is 23.7 Å². The van der Waals surface area contributed by atoms with Crippen molar-refractivity contribution in [3.05, 3.63) is 34.9 Å². The van der Waals surface area contributed by atoms with Crippen molar-refractivity contribution in [2.45, 2.75) is 51.5 Å². The number of likely N-dealkylation sites (tertiary alicyclic amines) is 1. The van der Waals surface area contributed by atoms with Gasteiger partial charge in [-0.05, 0) is 40.2 Å². The van der Waals surface area contributed by atoms with Gasteiger partial charge in [0, 0.05) is 28.9 Å². The van der Waals surface area contributed by atoms with Crippen LogP contribution in [-0.2, 0) is 19.1 Å². The second kappa shape index (κ2) is 5.45. The van der Waals surface area contributed by atoms with Gasteiger partial charge >= 0.3 is 6.09 Å². The van der Waals surface area contributed by atoms with Crippen LogP contribution in [0.1, 0.15) is 34.1 Å². The Morgan fingerprint density at radius 2 is 2.10 bits per heavy atom. The molecule has 29 heavy (non-hydrogen) atoms. The van der Waals surface area contributed by atoms with Crippen molar-refractivity contribution >= 4 is 17.8 Å². The highest BCUT2D eigenvalue weighted by atomic mass is 16.6. The number of carbonyl (C=O) groups excluding carboxylic acids is 3. The highest BCUT2D eigenvalue weighted by Gasteiger charge is 2.72. The van der Waals surface area contributed by atoms with E-state index in [-0.39, 0.29) is 11.7 Å². The smallest absolute Gasteiger partial charge is 0.420 e. The van der Waals surface area contributed by atoms with Gasteiger partial charge in [0.05, 0.1) is 18.1 Å². The highest BCUT2D eigenvalue weighted by Crippen LogP contribution is 2.62. The summed E-state index contributed by atoms with van der Waals surface area (Å²) in [6.45, 7) is 7.09. The number of hydrogen-bond acceptors (Lipinski definition) is 6. The van der Waals surface area contributed by atoms with Crippen molar-refractivity contribution in [3.63, 3.8) is 0 Å². The van der Waals surface area contributed by atoms with E-state index in [1.165, 1.54) is 0 Å². The molecule has 150 valence electrons. The van der Waals surface area contributed by atoms with Gasteiger partial charge in [0.1, 0.15) is 11.4 Å². The number of allylic oxidation sites excluding steroid dienone is 3. The van der Waals surface area contributed by atoms with E-state index in [4.69, 9.17) is 9.47 Å². The van der Waals surface area contributed by atoms with Crippen LogP contribution in [0.5, 0.6) is 0 Å². The molecule has 2 aliphatic carbocycles. The molecular weight excluding hydrogens is 372 g/mol. The standard InChI is InChI=1S/C22H22N2O5/c1-10-7-11-8-12-17-16(15(18(11)25)13(10)9-23)14-5-6-22(17,28-14)24(19(12)26)20(27)29-21(2,3)4/h5-6,8,11,14-17H,7H2,1-4H3/t11-,14-,15+,16-,17+,22-/m1/s1. The molecule has 0 unspecified atom stereocenters.